The molecule has 1 aliphatic rings. The fraction of sp³-hybridized carbons (Fsp3) is 0.571. The third-order valence-corrected chi connectivity index (χ3v) is 4.93. The summed E-state index contributed by atoms with van der Waals surface area (Å²) in [6, 6.07) is 7.00. The fourth-order valence-electron chi connectivity index (χ4n) is 2.20. The van der Waals surface area contributed by atoms with Crippen LogP contribution in [0.3, 0.4) is 0 Å². The minimum atomic E-state index is -3.42. The second-order valence-corrected chi connectivity index (χ2v) is 6.88. The number of hydrogen-bond donors (Lipinski definition) is 2. The molecule has 112 valence electrons. The van der Waals surface area contributed by atoms with Crippen molar-refractivity contribution in [3.05, 3.63) is 29.8 Å². The number of nitrogens with one attached hydrogen (secondary N) is 1. The summed E-state index contributed by atoms with van der Waals surface area (Å²) in [5.74, 6) is 0.286. The lowest BCUT2D eigenvalue weighted by molar-refractivity contribution is 0.186. The van der Waals surface area contributed by atoms with Crippen LogP contribution in [0.5, 0.6) is 0 Å². The van der Waals surface area contributed by atoms with E-state index in [4.69, 9.17) is 10.5 Å². The van der Waals surface area contributed by atoms with Crippen molar-refractivity contribution in [1.29, 1.82) is 0 Å². The highest BCUT2D eigenvalue weighted by Crippen LogP contribution is 2.14. The molecular formula is C14H22N2O3S. The first kappa shape index (κ1) is 15.4. The molecule has 1 aliphatic heterocycles. The molecule has 1 saturated heterocycles. The van der Waals surface area contributed by atoms with E-state index in [2.05, 4.69) is 4.72 Å². The fourth-order valence-corrected chi connectivity index (χ4v) is 3.31. The first-order valence-electron chi connectivity index (χ1n) is 6.98. The van der Waals surface area contributed by atoms with Crippen LogP contribution in [0.25, 0.3) is 0 Å². The van der Waals surface area contributed by atoms with E-state index in [0.717, 1.165) is 31.4 Å². The van der Waals surface area contributed by atoms with Gasteiger partial charge in [-0.05, 0) is 49.4 Å². The van der Waals surface area contributed by atoms with Crippen molar-refractivity contribution in [2.75, 3.05) is 26.3 Å². The monoisotopic (exact) mass is 298 g/mol. The lowest BCUT2D eigenvalue weighted by atomic mass is 10.1. The standard InChI is InChI=1S/C14H22N2O3S/c15-8-1-2-12-3-5-14(6-4-12)20(17,18)16-10-13-7-9-19-11-13/h3-6,13,16H,1-2,7-11,15H2. The highest BCUT2D eigenvalue weighted by Gasteiger charge is 2.20. The van der Waals surface area contributed by atoms with Crippen LogP contribution >= 0.6 is 0 Å². The second-order valence-electron chi connectivity index (χ2n) is 5.12. The lowest BCUT2D eigenvalue weighted by Crippen LogP contribution is -2.29. The van der Waals surface area contributed by atoms with Gasteiger partial charge < -0.3 is 10.5 Å². The van der Waals surface area contributed by atoms with Crippen LogP contribution in [0.4, 0.5) is 0 Å². The summed E-state index contributed by atoms with van der Waals surface area (Å²) in [4.78, 5) is 0.313. The predicted molar refractivity (Wildman–Crippen MR) is 77.9 cm³/mol. The van der Waals surface area contributed by atoms with Gasteiger partial charge in [0.25, 0.3) is 0 Å². The Morgan fingerprint density at radius 1 is 1.30 bits per heavy atom. The maximum Gasteiger partial charge on any atom is 0.240 e. The summed E-state index contributed by atoms with van der Waals surface area (Å²) in [6.45, 7) is 2.45. The molecule has 0 aromatic heterocycles. The summed E-state index contributed by atoms with van der Waals surface area (Å²) in [7, 11) is -3.42. The Kier molecular flexibility index (Phi) is 5.54. The molecule has 2 rings (SSSR count). The van der Waals surface area contributed by atoms with Crippen LogP contribution < -0.4 is 10.5 Å². The van der Waals surface area contributed by atoms with Gasteiger partial charge in [-0.1, -0.05) is 12.1 Å². The first-order valence-corrected chi connectivity index (χ1v) is 8.46. The zero-order valence-electron chi connectivity index (χ0n) is 11.5. The third kappa shape index (κ3) is 4.28. The molecule has 1 fully saturated rings. The molecule has 0 amide bonds. The second kappa shape index (κ2) is 7.17. The number of ether oxygens (including phenoxy) is 1. The minimum absolute atomic E-state index is 0.286. The Balaban J connectivity index is 1.94. The summed E-state index contributed by atoms with van der Waals surface area (Å²) in [5.41, 5.74) is 6.57. The Morgan fingerprint density at radius 3 is 2.65 bits per heavy atom. The molecule has 1 heterocycles. The molecule has 1 aromatic rings. The van der Waals surface area contributed by atoms with Gasteiger partial charge in [-0.25, -0.2) is 13.1 Å². The van der Waals surface area contributed by atoms with E-state index in [0.29, 0.717) is 24.6 Å². The molecule has 0 aliphatic carbocycles. The maximum absolute atomic E-state index is 12.1. The number of hydrogen-bond acceptors (Lipinski definition) is 4. The van der Waals surface area contributed by atoms with Gasteiger partial charge in [0.15, 0.2) is 0 Å². The van der Waals surface area contributed by atoms with Gasteiger partial charge in [0.2, 0.25) is 10.0 Å². The molecule has 6 heteroatoms. The van der Waals surface area contributed by atoms with E-state index >= 15 is 0 Å². The summed E-state index contributed by atoms with van der Waals surface area (Å²) in [5, 5.41) is 0. The van der Waals surface area contributed by atoms with Gasteiger partial charge in [-0.15, -0.1) is 0 Å². The average molecular weight is 298 g/mol. The van der Waals surface area contributed by atoms with Crippen LogP contribution in [0.2, 0.25) is 0 Å². The van der Waals surface area contributed by atoms with Crippen molar-refractivity contribution in [3.63, 3.8) is 0 Å². The van der Waals surface area contributed by atoms with Crippen molar-refractivity contribution in [2.24, 2.45) is 11.7 Å². The lowest BCUT2D eigenvalue weighted by Gasteiger charge is -2.10. The minimum Gasteiger partial charge on any atom is -0.381 e. The Morgan fingerprint density at radius 2 is 2.05 bits per heavy atom. The maximum atomic E-state index is 12.1. The SMILES string of the molecule is NCCCc1ccc(S(=O)(=O)NCC2CCOC2)cc1. The van der Waals surface area contributed by atoms with Crippen molar-refractivity contribution >= 4 is 10.0 Å². The molecule has 0 spiro atoms. The molecule has 1 unspecified atom stereocenters. The number of rotatable bonds is 7. The van der Waals surface area contributed by atoms with Crippen LogP contribution in [-0.2, 0) is 21.2 Å². The van der Waals surface area contributed by atoms with Gasteiger partial charge in [-0.2, -0.15) is 0 Å². The Hall–Kier alpha value is -0.950. The van der Waals surface area contributed by atoms with Gasteiger partial charge in [-0.3, -0.25) is 0 Å². The van der Waals surface area contributed by atoms with E-state index in [-0.39, 0.29) is 5.92 Å². The Labute approximate surface area is 120 Å². The van der Waals surface area contributed by atoms with Gasteiger partial charge >= 0.3 is 0 Å². The van der Waals surface area contributed by atoms with E-state index in [1.807, 2.05) is 12.1 Å². The van der Waals surface area contributed by atoms with Crippen molar-refractivity contribution in [1.82, 2.24) is 4.72 Å². The first-order chi connectivity index (χ1) is 9.62. The molecule has 20 heavy (non-hydrogen) atoms. The zero-order chi connectivity index (χ0) is 14.4. The number of aryl methyl sites for hydroxylation is 1. The number of sulfonamides is 1. The Bertz CT molecular complexity index is 508. The molecular weight excluding hydrogens is 276 g/mol. The molecule has 0 bridgehead atoms. The quantitative estimate of drug-likeness (QED) is 0.783. The van der Waals surface area contributed by atoms with E-state index < -0.39 is 10.0 Å². The van der Waals surface area contributed by atoms with Crippen molar-refractivity contribution in [2.45, 2.75) is 24.2 Å². The van der Waals surface area contributed by atoms with E-state index in [1.165, 1.54) is 0 Å². The summed E-state index contributed by atoms with van der Waals surface area (Å²) < 4.78 is 32.2. The topological polar surface area (TPSA) is 81.4 Å². The molecule has 1 aromatic carbocycles. The predicted octanol–water partition coefficient (Wildman–Crippen LogP) is 0.893. The average Bonchev–Trinajstić information content (AvgIpc) is 2.97. The number of benzene rings is 1. The smallest absolute Gasteiger partial charge is 0.240 e. The molecule has 5 nitrogen and oxygen atoms in total. The van der Waals surface area contributed by atoms with E-state index in [9.17, 15) is 8.42 Å². The number of nitrogens with two attached hydrogens (primary N) is 1. The van der Waals surface area contributed by atoms with E-state index in [1.54, 1.807) is 12.1 Å². The summed E-state index contributed by atoms with van der Waals surface area (Å²) in [6.07, 6.45) is 2.70. The zero-order valence-corrected chi connectivity index (χ0v) is 12.4. The molecule has 1 atom stereocenters. The van der Waals surface area contributed by atoms with Crippen LogP contribution in [-0.4, -0.2) is 34.7 Å². The van der Waals surface area contributed by atoms with Crippen LogP contribution in [0.1, 0.15) is 18.4 Å². The van der Waals surface area contributed by atoms with Gasteiger partial charge in [0, 0.05) is 13.2 Å². The van der Waals surface area contributed by atoms with Crippen LogP contribution in [0, 0.1) is 5.92 Å². The van der Waals surface area contributed by atoms with Crippen molar-refractivity contribution in [3.8, 4) is 0 Å². The van der Waals surface area contributed by atoms with Gasteiger partial charge in [0.05, 0.1) is 11.5 Å². The molecule has 0 saturated carbocycles. The van der Waals surface area contributed by atoms with Gasteiger partial charge in [0.1, 0.15) is 0 Å². The normalized spacial score (nSPS) is 19.4. The summed E-state index contributed by atoms with van der Waals surface area (Å²) >= 11 is 0. The highest BCUT2D eigenvalue weighted by atomic mass is 32.2. The molecule has 0 radical (unpaired) electrons. The van der Waals surface area contributed by atoms with Crippen LogP contribution in [0.15, 0.2) is 29.2 Å². The molecule has 3 N–H and O–H groups in total. The highest BCUT2D eigenvalue weighted by molar-refractivity contribution is 7.89. The van der Waals surface area contributed by atoms with Crippen molar-refractivity contribution < 1.29 is 13.2 Å². The largest absolute Gasteiger partial charge is 0.381 e. The third-order valence-electron chi connectivity index (χ3n) is 3.49.